The van der Waals surface area contributed by atoms with Gasteiger partial charge in [-0.3, -0.25) is 0 Å². The number of ether oxygens (including phenoxy) is 1. The average Bonchev–Trinajstić information content (AvgIpc) is 2.24. The summed E-state index contributed by atoms with van der Waals surface area (Å²) in [5, 5.41) is -0.765. The van der Waals surface area contributed by atoms with Crippen molar-refractivity contribution in [3.8, 4) is 5.75 Å². The molecule has 1 aromatic carbocycles. The van der Waals surface area contributed by atoms with Gasteiger partial charge in [-0.2, -0.15) is 22.0 Å². The summed E-state index contributed by atoms with van der Waals surface area (Å²) in [6.45, 7) is 0. The van der Waals surface area contributed by atoms with Gasteiger partial charge in [-0.25, -0.2) is 4.79 Å². The van der Waals surface area contributed by atoms with Gasteiger partial charge >= 0.3 is 18.1 Å². The van der Waals surface area contributed by atoms with E-state index in [1.807, 2.05) is 0 Å². The highest BCUT2D eigenvalue weighted by Gasteiger charge is 2.65. The van der Waals surface area contributed by atoms with Crippen molar-refractivity contribution in [2.45, 2.75) is 12.1 Å². The minimum Gasteiger partial charge on any atom is -0.420 e. The molecule has 0 radical (unpaired) electrons. The van der Waals surface area contributed by atoms with Gasteiger partial charge < -0.3 is 4.74 Å². The molecule has 0 N–H and O–H groups in total. The van der Waals surface area contributed by atoms with Gasteiger partial charge in [0.05, 0.1) is 15.1 Å². The van der Waals surface area contributed by atoms with Gasteiger partial charge in [0.25, 0.3) is 0 Å². The number of hydrogen-bond donors (Lipinski definition) is 0. The van der Waals surface area contributed by atoms with E-state index in [1.54, 1.807) is 0 Å². The van der Waals surface area contributed by atoms with Crippen LogP contribution in [0.4, 0.5) is 22.0 Å². The molecule has 0 bridgehead atoms. The van der Waals surface area contributed by atoms with Crippen molar-refractivity contribution in [2.24, 2.45) is 0 Å². The van der Waals surface area contributed by atoms with Crippen LogP contribution in [0.3, 0.4) is 0 Å². The summed E-state index contributed by atoms with van der Waals surface area (Å²) in [5.41, 5.74) is 0. The summed E-state index contributed by atoms with van der Waals surface area (Å²) < 4.78 is 64.8. The molecule has 0 atom stereocenters. The third kappa shape index (κ3) is 3.40. The molecule has 0 fully saturated rings. The van der Waals surface area contributed by atoms with E-state index >= 15 is 0 Å². The van der Waals surface area contributed by atoms with Crippen LogP contribution in [0.15, 0.2) is 12.1 Å². The Balaban J connectivity index is 3.05. The summed E-state index contributed by atoms with van der Waals surface area (Å²) in [5.74, 6) is -9.24. The monoisotopic (exact) mass is 342 g/mol. The van der Waals surface area contributed by atoms with Crippen molar-refractivity contribution in [3.05, 3.63) is 27.2 Å². The third-order valence-corrected chi connectivity index (χ3v) is 2.81. The first-order valence-electron chi connectivity index (χ1n) is 4.28. The second-order valence-electron chi connectivity index (χ2n) is 3.16. The molecule has 0 heterocycles. The molecule has 106 valence electrons. The highest BCUT2D eigenvalue weighted by molar-refractivity contribution is 6.43. The second kappa shape index (κ2) is 5.30. The molecule has 2 nitrogen and oxygen atoms in total. The SMILES string of the molecule is O=C(Oc1cc(Cl)c(Cl)cc1Cl)C(F)(F)C(F)(F)F. The molecule has 0 unspecified atom stereocenters. The molecule has 0 saturated carbocycles. The highest BCUT2D eigenvalue weighted by Crippen LogP contribution is 2.39. The van der Waals surface area contributed by atoms with Crippen molar-refractivity contribution < 1.29 is 31.5 Å². The molecular formula is C9H2Cl3F5O2. The van der Waals surface area contributed by atoms with Crippen LogP contribution in [0, 0.1) is 0 Å². The summed E-state index contributed by atoms with van der Waals surface area (Å²) in [6, 6.07) is 1.68. The second-order valence-corrected chi connectivity index (χ2v) is 4.38. The van der Waals surface area contributed by atoms with Gasteiger partial charge in [0.2, 0.25) is 0 Å². The fraction of sp³-hybridized carbons (Fsp3) is 0.222. The quantitative estimate of drug-likeness (QED) is 0.335. The predicted molar refractivity (Wildman–Crippen MR) is 58.1 cm³/mol. The topological polar surface area (TPSA) is 26.3 Å². The molecule has 0 aromatic heterocycles. The minimum absolute atomic E-state index is 0.0888. The largest absolute Gasteiger partial charge is 0.465 e. The van der Waals surface area contributed by atoms with E-state index in [0.717, 1.165) is 12.1 Å². The van der Waals surface area contributed by atoms with Crippen molar-refractivity contribution in [1.29, 1.82) is 0 Å². The zero-order valence-electron chi connectivity index (χ0n) is 8.49. The van der Waals surface area contributed by atoms with Crippen LogP contribution in [0.1, 0.15) is 0 Å². The lowest BCUT2D eigenvalue weighted by molar-refractivity contribution is -0.276. The van der Waals surface area contributed by atoms with E-state index in [2.05, 4.69) is 4.74 Å². The number of benzene rings is 1. The van der Waals surface area contributed by atoms with E-state index in [-0.39, 0.29) is 10.0 Å². The van der Waals surface area contributed by atoms with E-state index in [4.69, 9.17) is 34.8 Å². The van der Waals surface area contributed by atoms with Gasteiger partial charge in [0.1, 0.15) is 0 Å². The smallest absolute Gasteiger partial charge is 0.420 e. The van der Waals surface area contributed by atoms with Crippen molar-refractivity contribution in [3.63, 3.8) is 0 Å². The van der Waals surface area contributed by atoms with E-state index in [9.17, 15) is 26.7 Å². The van der Waals surface area contributed by atoms with Crippen LogP contribution in [0.2, 0.25) is 15.1 Å². The Bertz CT molecular complexity index is 515. The first-order valence-corrected chi connectivity index (χ1v) is 5.41. The van der Waals surface area contributed by atoms with Crippen molar-refractivity contribution >= 4 is 40.8 Å². The van der Waals surface area contributed by atoms with Crippen LogP contribution in [-0.4, -0.2) is 18.1 Å². The minimum atomic E-state index is -6.08. The number of halogens is 8. The van der Waals surface area contributed by atoms with Crippen molar-refractivity contribution in [1.82, 2.24) is 0 Å². The molecule has 1 aromatic rings. The Morgan fingerprint density at radius 2 is 1.42 bits per heavy atom. The Hall–Kier alpha value is -0.790. The molecule has 10 heteroatoms. The number of esters is 1. The summed E-state index contributed by atoms with van der Waals surface area (Å²) in [7, 11) is 0. The Morgan fingerprint density at radius 3 is 1.89 bits per heavy atom. The van der Waals surface area contributed by atoms with Gasteiger partial charge in [0, 0.05) is 6.07 Å². The Morgan fingerprint density at radius 1 is 0.947 bits per heavy atom. The molecule has 0 amide bonds. The molecule has 19 heavy (non-hydrogen) atoms. The first-order chi connectivity index (χ1) is 8.46. The normalized spacial score (nSPS) is 12.4. The third-order valence-electron chi connectivity index (χ3n) is 1.79. The molecule has 1 rings (SSSR count). The maximum atomic E-state index is 12.6. The number of rotatable bonds is 2. The molecule has 0 saturated heterocycles. The Kier molecular flexibility index (Phi) is 4.54. The van der Waals surface area contributed by atoms with Crippen molar-refractivity contribution in [2.75, 3.05) is 0 Å². The molecule has 0 aliphatic heterocycles. The summed E-state index contributed by atoms with van der Waals surface area (Å²) in [4.78, 5) is 10.8. The molecule has 0 aliphatic carbocycles. The van der Waals surface area contributed by atoms with Crippen LogP contribution in [0.25, 0.3) is 0 Å². The maximum Gasteiger partial charge on any atom is 0.465 e. The van der Waals surface area contributed by atoms with Gasteiger partial charge in [-0.05, 0) is 6.07 Å². The molecule has 0 spiro atoms. The lowest BCUT2D eigenvalue weighted by atomic mass is 10.3. The van der Waals surface area contributed by atoms with Gasteiger partial charge in [-0.1, -0.05) is 34.8 Å². The van der Waals surface area contributed by atoms with Gasteiger partial charge in [0.15, 0.2) is 5.75 Å². The summed E-state index contributed by atoms with van der Waals surface area (Å²) in [6.07, 6.45) is -6.08. The van der Waals surface area contributed by atoms with Crippen LogP contribution >= 0.6 is 34.8 Å². The number of hydrogen-bond acceptors (Lipinski definition) is 2. The van der Waals surface area contributed by atoms with E-state index in [0.29, 0.717) is 0 Å². The lowest BCUT2D eigenvalue weighted by Gasteiger charge is -2.18. The zero-order chi connectivity index (χ0) is 15.0. The molecular weight excluding hydrogens is 341 g/mol. The maximum absolute atomic E-state index is 12.6. The van der Waals surface area contributed by atoms with Gasteiger partial charge in [-0.15, -0.1) is 0 Å². The zero-order valence-corrected chi connectivity index (χ0v) is 10.8. The molecule has 0 aliphatic rings. The number of carbonyl (C=O) groups excluding carboxylic acids is 1. The van der Waals surface area contributed by atoms with E-state index < -0.39 is 28.8 Å². The fourth-order valence-corrected chi connectivity index (χ4v) is 1.44. The Labute approximate surface area is 118 Å². The summed E-state index contributed by atoms with van der Waals surface area (Å²) >= 11 is 16.4. The first kappa shape index (κ1) is 16.3. The average molecular weight is 343 g/mol. The number of carbonyl (C=O) groups is 1. The van der Waals surface area contributed by atoms with Crippen LogP contribution in [-0.2, 0) is 4.79 Å². The fourth-order valence-electron chi connectivity index (χ4n) is 0.862. The predicted octanol–water partition coefficient (Wildman–Crippen LogP) is 4.75. The van der Waals surface area contributed by atoms with E-state index in [1.165, 1.54) is 0 Å². The van der Waals surface area contributed by atoms with Crippen LogP contribution in [0.5, 0.6) is 5.75 Å². The highest BCUT2D eigenvalue weighted by atomic mass is 35.5. The standard InChI is InChI=1S/C9H2Cl3F5O2/c10-3-1-5(12)6(2-4(3)11)19-7(18)8(13,14)9(15,16)17/h1-2H. The lowest BCUT2D eigenvalue weighted by Crippen LogP contribution is -2.46. The van der Waals surface area contributed by atoms with Crippen LogP contribution < -0.4 is 4.74 Å². The number of alkyl halides is 5.